The molecule has 4 nitrogen and oxygen atoms in total. The van der Waals surface area contributed by atoms with E-state index in [0.717, 1.165) is 5.56 Å². The van der Waals surface area contributed by atoms with Crippen LogP contribution >= 0.6 is 0 Å². The summed E-state index contributed by atoms with van der Waals surface area (Å²) in [6, 6.07) is 8.76. The van der Waals surface area contributed by atoms with Crippen LogP contribution in [0.3, 0.4) is 0 Å². The van der Waals surface area contributed by atoms with E-state index in [1.54, 1.807) is 0 Å². The number of rotatable bonds is 5. The maximum atomic E-state index is 11.4. The molecule has 0 fully saturated rings. The van der Waals surface area contributed by atoms with Crippen molar-refractivity contribution in [1.82, 2.24) is 5.32 Å². The molecule has 0 aromatic heterocycles. The Bertz CT molecular complexity index is 325. The number of nitrogens with one attached hydrogen (secondary N) is 1. The average molecular weight is 206 g/mol. The zero-order chi connectivity index (χ0) is 11.1. The largest absolute Gasteiger partial charge is 0.394 e. The standard InChI is InChI=1S/C11H14N2O2/c1-12-10(8-14)11(15)13-7-9-5-3-2-4-6-9/h2-6,10,14H,1,7-8H2,(H,13,15)/t10-/m1/s1. The van der Waals surface area contributed by atoms with Gasteiger partial charge in [-0.3, -0.25) is 9.79 Å². The normalized spacial score (nSPS) is 11.8. The van der Waals surface area contributed by atoms with Crippen molar-refractivity contribution in [3.05, 3.63) is 35.9 Å². The van der Waals surface area contributed by atoms with Gasteiger partial charge in [0.05, 0.1) is 6.61 Å². The van der Waals surface area contributed by atoms with Gasteiger partial charge in [-0.1, -0.05) is 30.3 Å². The van der Waals surface area contributed by atoms with Gasteiger partial charge < -0.3 is 10.4 Å². The van der Waals surface area contributed by atoms with Crippen LogP contribution in [0.15, 0.2) is 35.3 Å². The number of hydrogen-bond donors (Lipinski definition) is 2. The molecule has 4 heteroatoms. The van der Waals surface area contributed by atoms with Gasteiger partial charge in [-0.25, -0.2) is 0 Å². The van der Waals surface area contributed by atoms with Gasteiger partial charge in [0.1, 0.15) is 0 Å². The van der Waals surface area contributed by atoms with Gasteiger partial charge in [0.2, 0.25) is 5.91 Å². The third kappa shape index (κ3) is 3.52. The number of aliphatic hydroxyl groups is 1. The third-order valence-electron chi connectivity index (χ3n) is 2.01. The molecule has 1 rings (SSSR count). The minimum Gasteiger partial charge on any atom is -0.394 e. The molecule has 0 radical (unpaired) electrons. The van der Waals surface area contributed by atoms with Crippen LogP contribution < -0.4 is 5.32 Å². The summed E-state index contributed by atoms with van der Waals surface area (Å²) in [5, 5.41) is 11.5. The van der Waals surface area contributed by atoms with Gasteiger partial charge in [0, 0.05) is 6.54 Å². The molecule has 0 saturated carbocycles. The molecule has 80 valence electrons. The van der Waals surface area contributed by atoms with Crippen molar-refractivity contribution in [2.24, 2.45) is 4.99 Å². The molecule has 0 saturated heterocycles. The number of hydrogen-bond acceptors (Lipinski definition) is 3. The first-order valence-corrected chi connectivity index (χ1v) is 4.66. The lowest BCUT2D eigenvalue weighted by Crippen LogP contribution is -2.35. The molecular formula is C11H14N2O2. The first-order chi connectivity index (χ1) is 7.27. The summed E-state index contributed by atoms with van der Waals surface area (Å²) >= 11 is 0. The fraction of sp³-hybridized carbons (Fsp3) is 0.273. The zero-order valence-corrected chi connectivity index (χ0v) is 8.39. The second-order valence-electron chi connectivity index (χ2n) is 3.08. The third-order valence-corrected chi connectivity index (χ3v) is 2.01. The van der Waals surface area contributed by atoms with Crippen molar-refractivity contribution in [1.29, 1.82) is 0 Å². The maximum absolute atomic E-state index is 11.4. The summed E-state index contributed by atoms with van der Waals surface area (Å²) in [6.07, 6.45) is 0. The van der Waals surface area contributed by atoms with E-state index in [9.17, 15) is 4.79 Å². The van der Waals surface area contributed by atoms with Crippen molar-refractivity contribution in [2.45, 2.75) is 12.6 Å². The molecule has 0 aliphatic carbocycles. The molecule has 1 aromatic carbocycles. The summed E-state index contributed by atoms with van der Waals surface area (Å²) in [7, 11) is 0. The second kappa shape index (κ2) is 5.93. The van der Waals surface area contributed by atoms with Crippen LogP contribution in [0.2, 0.25) is 0 Å². The van der Waals surface area contributed by atoms with E-state index in [1.807, 2.05) is 30.3 Å². The Morgan fingerprint density at radius 1 is 1.47 bits per heavy atom. The lowest BCUT2D eigenvalue weighted by atomic mass is 10.2. The molecular weight excluding hydrogens is 192 g/mol. The predicted molar refractivity (Wildman–Crippen MR) is 58.7 cm³/mol. The van der Waals surface area contributed by atoms with Crippen molar-refractivity contribution >= 4 is 12.6 Å². The minimum atomic E-state index is -0.770. The van der Waals surface area contributed by atoms with E-state index in [4.69, 9.17) is 5.11 Å². The smallest absolute Gasteiger partial charge is 0.247 e. The monoisotopic (exact) mass is 206 g/mol. The maximum Gasteiger partial charge on any atom is 0.247 e. The number of aliphatic imine (C=N–C) groups is 1. The molecule has 1 amide bonds. The van der Waals surface area contributed by atoms with Crippen molar-refractivity contribution in [3.8, 4) is 0 Å². The summed E-state index contributed by atoms with van der Waals surface area (Å²) in [5.74, 6) is -0.309. The highest BCUT2D eigenvalue weighted by Crippen LogP contribution is 1.98. The van der Waals surface area contributed by atoms with E-state index in [2.05, 4.69) is 17.0 Å². The van der Waals surface area contributed by atoms with Crippen LogP contribution in [0.4, 0.5) is 0 Å². The number of amides is 1. The topological polar surface area (TPSA) is 61.7 Å². The summed E-state index contributed by atoms with van der Waals surface area (Å²) in [5.41, 5.74) is 1.01. The summed E-state index contributed by atoms with van der Waals surface area (Å²) < 4.78 is 0. The number of benzene rings is 1. The van der Waals surface area contributed by atoms with Gasteiger partial charge in [-0.15, -0.1) is 0 Å². The summed E-state index contributed by atoms with van der Waals surface area (Å²) in [4.78, 5) is 14.9. The highest BCUT2D eigenvalue weighted by molar-refractivity contribution is 5.82. The van der Waals surface area contributed by atoms with E-state index in [-0.39, 0.29) is 12.5 Å². The molecule has 1 atom stereocenters. The van der Waals surface area contributed by atoms with Crippen LogP contribution in [0.5, 0.6) is 0 Å². The first-order valence-electron chi connectivity index (χ1n) is 4.66. The number of carbonyl (C=O) groups excluding carboxylic acids is 1. The molecule has 1 aromatic rings. The van der Waals surface area contributed by atoms with Crippen molar-refractivity contribution < 1.29 is 9.90 Å². The van der Waals surface area contributed by atoms with Crippen molar-refractivity contribution in [3.63, 3.8) is 0 Å². The van der Waals surface area contributed by atoms with Gasteiger partial charge in [-0.05, 0) is 12.3 Å². The quantitative estimate of drug-likeness (QED) is 0.683. The Hall–Kier alpha value is -1.68. The number of nitrogens with zero attached hydrogens (tertiary/aromatic N) is 1. The lowest BCUT2D eigenvalue weighted by molar-refractivity contribution is -0.123. The van der Waals surface area contributed by atoms with Crippen LogP contribution in [0.1, 0.15) is 5.56 Å². The van der Waals surface area contributed by atoms with Crippen LogP contribution in [-0.4, -0.2) is 30.4 Å². The van der Waals surface area contributed by atoms with Gasteiger partial charge in [0.25, 0.3) is 0 Å². The lowest BCUT2D eigenvalue weighted by Gasteiger charge is -2.09. The average Bonchev–Trinajstić information content (AvgIpc) is 2.29. The Morgan fingerprint density at radius 3 is 2.67 bits per heavy atom. The predicted octanol–water partition coefficient (Wildman–Crippen LogP) is 0.364. The molecule has 0 aliphatic rings. The van der Waals surface area contributed by atoms with Crippen molar-refractivity contribution in [2.75, 3.05) is 6.61 Å². The van der Waals surface area contributed by atoms with Crippen LogP contribution in [0, 0.1) is 0 Å². The Morgan fingerprint density at radius 2 is 2.13 bits per heavy atom. The fourth-order valence-corrected chi connectivity index (χ4v) is 1.13. The molecule has 0 heterocycles. The van der Waals surface area contributed by atoms with Crippen LogP contribution in [-0.2, 0) is 11.3 Å². The fourth-order valence-electron chi connectivity index (χ4n) is 1.13. The number of carbonyl (C=O) groups is 1. The van der Waals surface area contributed by atoms with E-state index in [0.29, 0.717) is 6.54 Å². The molecule has 2 N–H and O–H groups in total. The molecule has 0 unspecified atom stereocenters. The molecule has 15 heavy (non-hydrogen) atoms. The summed E-state index contributed by atoms with van der Waals surface area (Å²) in [6.45, 7) is 3.36. The SMILES string of the molecule is C=N[C@H](CO)C(=O)NCc1ccccc1. The van der Waals surface area contributed by atoms with Crippen LogP contribution in [0.25, 0.3) is 0 Å². The Kier molecular flexibility index (Phi) is 4.50. The Labute approximate surface area is 88.7 Å². The zero-order valence-electron chi connectivity index (χ0n) is 8.39. The second-order valence-corrected chi connectivity index (χ2v) is 3.08. The van der Waals surface area contributed by atoms with Gasteiger partial charge in [0.15, 0.2) is 6.04 Å². The highest BCUT2D eigenvalue weighted by Gasteiger charge is 2.13. The van der Waals surface area contributed by atoms with E-state index >= 15 is 0 Å². The molecule has 0 aliphatic heterocycles. The van der Waals surface area contributed by atoms with Gasteiger partial charge in [-0.2, -0.15) is 0 Å². The highest BCUT2D eigenvalue weighted by atomic mass is 16.3. The number of aliphatic hydroxyl groups excluding tert-OH is 1. The molecule has 0 bridgehead atoms. The minimum absolute atomic E-state index is 0.309. The Balaban J connectivity index is 2.44. The molecule has 0 spiro atoms. The first kappa shape index (κ1) is 11.4. The van der Waals surface area contributed by atoms with E-state index in [1.165, 1.54) is 0 Å². The van der Waals surface area contributed by atoms with E-state index < -0.39 is 6.04 Å². The van der Waals surface area contributed by atoms with Gasteiger partial charge >= 0.3 is 0 Å².